The topological polar surface area (TPSA) is 21.3 Å². The number of hydrogen-bond donors (Lipinski definition) is 1. The molecule has 6 atom stereocenters. The van der Waals surface area contributed by atoms with Crippen molar-refractivity contribution in [3.05, 3.63) is 94.0 Å². The van der Waals surface area contributed by atoms with Gasteiger partial charge in [-0.1, -0.05) is 59.3 Å². The Bertz CT molecular complexity index is 1200. The molecule has 6 rings (SSSR count). The summed E-state index contributed by atoms with van der Waals surface area (Å²) in [6.07, 6.45) is 5.13. The lowest BCUT2D eigenvalue weighted by molar-refractivity contribution is -0.0400. The van der Waals surface area contributed by atoms with E-state index in [-0.39, 0.29) is 11.5 Å². The Balaban J connectivity index is 1.20. The highest BCUT2D eigenvalue weighted by Crippen LogP contribution is 2.60. The zero-order valence-electron chi connectivity index (χ0n) is 20.9. The van der Waals surface area contributed by atoms with E-state index >= 15 is 4.39 Å². The maximum Gasteiger partial charge on any atom is 0.120 e. The molecule has 3 aliphatic carbocycles. The van der Waals surface area contributed by atoms with Crippen molar-refractivity contribution in [2.45, 2.75) is 70.2 Å². The molecule has 1 N–H and O–H groups in total. The van der Waals surface area contributed by atoms with Crippen LogP contribution in [0.4, 0.5) is 10.1 Å². The smallest absolute Gasteiger partial charge is 0.120 e. The van der Waals surface area contributed by atoms with Gasteiger partial charge in [-0.05, 0) is 115 Å². The van der Waals surface area contributed by atoms with E-state index < -0.39 is 6.17 Å². The van der Waals surface area contributed by atoms with Crippen LogP contribution in [0.5, 0.6) is 5.75 Å². The Morgan fingerprint density at radius 2 is 1.81 bits per heavy atom. The number of aryl methyl sites for hydroxylation is 1. The minimum atomic E-state index is -0.732. The predicted molar refractivity (Wildman–Crippen MR) is 148 cm³/mol. The Labute approximate surface area is 222 Å². The van der Waals surface area contributed by atoms with Gasteiger partial charge in [0.15, 0.2) is 0 Å². The van der Waals surface area contributed by atoms with E-state index in [0.29, 0.717) is 37.2 Å². The molecular formula is C32H35BrFNO. The summed E-state index contributed by atoms with van der Waals surface area (Å²) in [6, 6.07) is 25.5. The highest BCUT2D eigenvalue weighted by molar-refractivity contribution is 9.10. The van der Waals surface area contributed by atoms with Gasteiger partial charge in [0.25, 0.3) is 0 Å². The van der Waals surface area contributed by atoms with E-state index in [0.717, 1.165) is 35.2 Å². The van der Waals surface area contributed by atoms with Gasteiger partial charge in [-0.25, -0.2) is 4.39 Å². The van der Waals surface area contributed by atoms with E-state index in [1.165, 1.54) is 23.1 Å². The van der Waals surface area contributed by atoms with Gasteiger partial charge in [-0.2, -0.15) is 0 Å². The summed E-state index contributed by atoms with van der Waals surface area (Å²) in [4.78, 5) is 0. The molecule has 0 unspecified atom stereocenters. The van der Waals surface area contributed by atoms with E-state index in [4.69, 9.17) is 4.74 Å². The predicted octanol–water partition coefficient (Wildman–Crippen LogP) is 8.70. The summed E-state index contributed by atoms with van der Waals surface area (Å²) in [6.45, 7) is 3.03. The summed E-state index contributed by atoms with van der Waals surface area (Å²) in [5, 5.41) is 3.75. The summed E-state index contributed by atoms with van der Waals surface area (Å²) in [7, 11) is 0. The van der Waals surface area contributed by atoms with Gasteiger partial charge in [0.2, 0.25) is 0 Å². The summed E-state index contributed by atoms with van der Waals surface area (Å²) in [5.41, 5.74) is 5.32. The fraction of sp³-hybridized carbons (Fsp3) is 0.438. The molecule has 0 aliphatic heterocycles. The molecule has 4 heteroatoms. The Morgan fingerprint density at radius 3 is 2.61 bits per heavy atom. The molecule has 0 amide bonds. The van der Waals surface area contributed by atoms with E-state index in [1.807, 2.05) is 6.07 Å². The van der Waals surface area contributed by atoms with Gasteiger partial charge in [0, 0.05) is 16.2 Å². The number of hydrogen-bond acceptors (Lipinski definition) is 2. The van der Waals surface area contributed by atoms with Crippen molar-refractivity contribution >= 4 is 21.6 Å². The fourth-order valence-electron chi connectivity index (χ4n) is 7.48. The van der Waals surface area contributed by atoms with Gasteiger partial charge in [0.1, 0.15) is 18.5 Å². The molecule has 0 saturated heterocycles. The van der Waals surface area contributed by atoms with Crippen molar-refractivity contribution in [1.82, 2.24) is 0 Å². The normalized spacial score (nSPS) is 31.0. The van der Waals surface area contributed by atoms with Crippen LogP contribution in [0.1, 0.15) is 61.6 Å². The van der Waals surface area contributed by atoms with Gasteiger partial charge in [-0.3, -0.25) is 0 Å². The lowest BCUT2D eigenvalue weighted by atomic mass is 9.49. The maximum atomic E-state index is 15.2. The summed E-state index contributed by atoms with van der Waals surface area (Å²) < 4.78 is 22.4. The average molecular weight is 549 g/mol. The van der Waals surface area contributed by atoms with Crippen molar-refractivity contribution in [3.63, 3.8) is 0 Å². The standard InChI is InChI=1S/C32H35BrFNO/c1-32-16-15-28-27-14-12-26(36-20-21-5-3-2-4-6-21)17-22(27)7-13-29(28)30(32)18-24(34)19-31(32)35-25-10-8-23(33)9-11-25/h2-6,8-12,14,17,24,28-31,35H,7,13,15-16,18-20H2,1H3/t24-,28+,29+,30-,31-,32-/m0/s1. The minimum absolute atomic E-state index is 0.118. The number of halogens is 2. The zero-order valence-corrected chi connectivity index (χ0v) is 22.5. The lowest BCUT2D eigenvalue weighted by Crippen LogP contribution is -2.55. The number of rotatable bonds is 5. The largest absolute Gasteiger partial charge is 0.489 e. The summed E-state index contributed by atoms with van der Waals surface area (Å²) in [5.74, 6) is 2.46. The molecule has 0 heterocycles. The van der Waals surface area contributed by atoms with Crippen LogP contribution in [0.15, 0.2) is 77.3 Å². The van der Waals surface area contributed by atoms with Crippen LogP contribution in [0, 0.1) is 17.3 Å². The molecule has 3 aliphatic rings. The van der Waals surface area contributed by atoms with Gasteiger partial charge < -0.3 is 10.1 Å². The van der Waals surface area contributed by atoms with Gasteiger partial charge in [-0.15, -0.1) is 0 Å². The third kappa shape index (κ3) is 4.58. The SMILES string of the molecule is C[C@]12CC[C@@H]3c4ccc(OCc5ccccc5)cc4CC[C@H]3[C@@H]1C[C@H](F)C[C@@H]2Nc1ccc(Br)cc1. The first-order valence-electron chi connectivity index (χ1n) is 13.5. The summed E-state index contributed by atoms with van der Waals surface area (Å²) >= 11 is 3.53. The molecule has 2 nitrogen and oxygen atoms in total. The quantitative estimate of drug-likeness (QED) is 0.344. The first-order chi connectivity index (χ1) is 17.5. The monoisotopic (exact) mass is 547 g/mol. The zero-order chi connectivity index (χ0) is 24.7. The molecule has 0 bridgehead atoms. The van der Waals surface area contributed by atoms with Gasteiger partial charge in [0.05, 0.1) is 0 Å². The van der Waals surface area contributed by atoms with Crippen molar-refractivity contribution in [2.24, 2.45) is 17.3 Å². The first-order valence-corrected chi connectivity index (χ1v) is 14.2. The molecule has 2 saturated carbocycles. The number of fused-ring (bicyclic) bond motifs is 5. The second-order valence-electron chi connectivity index (χ2n) is 11.4. The Hall–Kier alpha value is -2.33. The second kappa shape index (κ2) is 9.85. The van der Waals surface area contributed by atoms with Crippen LogP contribution >= 0.6 is 15.9 Å². The molecule has 0 radical (unpaired) electrons. The van der Waals surface area contributed by atoms with Crippen LogP contribution in [0.3, 0.4) is 0 Å². The molecule has 0 spiro atoms. The number of ether oxygens (including phenoxy) is 1. The van der Waals surface area contributed by atoms with Crippen molar-refractivity contribution in [2.75, 3.05) is 5.32 Å². The molecule has 36 heavy (non-hydrogen) atoms. The van der Waals surface area contributed by atoms with Gasteiger partial charge >= 0.3 is 0 Å². The Morgan fingerprint density at radius 1 is 1.00 bits per heavy atom. The maximum absolute atomic E-state index is 15.2. The first kappa shape index (κ1) is 24.0. The van der Waals surface area contributed by atoms with Crippen LogP contribution < -0.4 is 10.1 Å². The Kier molecular flexibility index (Phi) is 6.58. The molecule has 188 valence electrons. The number of anilines is 1. The molecular weight excluding hydrogens is 513 g/mol. The van der Waals surface area contributed by atoms with Crippen molar-refractivity contribution < 1.29 is 9.13 Å². The number of alkyl halides is 1. The number of benzene rings is 3. The highest BCUT2D eigenvalue weighted by atomic mass is 79.9. The number of nitrogens with one attached hydrogen (secondary N) is 1. The molecule has 0 aromatic heterocycles. The molecule has 3 aromatic carbocycles. The molecule has 3 aromatic rings. The average Bonchev–Trinajstić information content (AvgIpc) is 2.89. The van der Waals surface area contributed by atoms with Crippen molar-refractivity contribution in [3.8, 4) is 5.75 Å². The van der Waals surface area contributed by atoms with E-state index in [1.54, 1.807) is 0 Å². The minimum Gasteiger partial charge on any atom is -0.489 e. The highest BCUT2D eigenvalue weighted by Gasteiger charge is 2.55. The van der Waals surface area contributed by atoms with Crippen LogP contribution in [0.2, 0.25) is 0 Å². The second-order valence-corrected chi connectivity index (χ2v) is 12.3. The lowest BCUT2D eigenvalue weighted by Gasteiger charge is -2.58. The van der Waals surface area contributed by atoms with E-state index in [9.17, 15) is 0 Å². The van der Waals surface area contributed by atoms with Crippen molar-refractivity contribution in [1.29, 1.82) is 0 Å². The van der Waals surface area contributed by atoms with Crippen LogP contribution in [0.25, 0.3) is 0 Å². The molecule has 2 fully saturated rings. The third-order valence-corrected chi connectivity index (χ3v) is 9.89. The van der Waals surface area contributed by atoms with Crippen LogP contribution in [-0.2, 0) is 13.0 Å². The van der Waals surface area contributed by atoms with E-state index in [2.05, 4.69) is 94.9 Å². The third-order valence-electron chi connectivity index (χ3n) is 9.37. The fourth-order valence-corrected chi connectivity index (χ4v) is 7.75. The van der Waals surface area contributed by atoms with Crippen LogP contribution in [-0.4, -0.2) is 12.2 Å².